The third-order valence-electron chi connectivity index (χ3n) is 3.65. The van der Waals surface area contributed by atoms with Gasteiger partial charge in [-0.3, -0.25) is 4.79 Å². The van der Waals surface area contributed by atoms with Gasteiger partial charge in [0, 0.05) is 13.0 Å². The summed E-state index contributed by atoms with van der Waals surface area (Å²) in [5, 5.41) is 3.01. The molecule has 0 unspecified atom stereocenters. The van der Waals surface area contributed by atoms with Crippen molar-refractivity contribution in [2.24, 2.45) is 5.41 Å². The van der Waals surface area contributed by atoms with Crippen LogP contribution in [-0.2, 0) is 11.2 Å². The number of carbonyl (C=O) groups is 1. The second-order valence-electron chi connectivity index (χ2n) is 5.42. The number of hydrogen-bond acceptors (Lipinski definition) is 2. The predicted molar refractivity (Wildman–Crippen MR) is 78.0 cm³/mol. The third kappa shape index (κ3) is 3.77. The summed E-state index contributed by atoms with van der Waals surface area (Å²) in [7, 11) is 0. The first-order valence-corrected chi connectivity index (χ1v) is 7.20. The van der Waals surface area contributed by atoms with Crippen LogP contribution in [0.25, 0.3) is 0 Å². The standard InChI is InChI=1S/C15H21NOS/c1-12-3-2-4-13(9-12)5-8-16-14(17)10-15(11-18)6-7-15/h2-4,9,18H,5-8,10-11H2,1H3,(H,16,17). The molecule has 1 aromatic rings. The van der Waals surface area contributed by atoms with Gasteiger partial charge in [0.2, 0.25) is 5.91 Å². The quantitative estimate of drug-likeness (QED) is 0.759. The van der Waals surface area contributed by atoms with E-state index >= 15 is 0 Å². The summed E-state index contributed by atoms with van der Waals surface area (Å²) >= 11 is 4.32. The van der Waals surface area contributed by atoms with Crippen molar-refractivity contribution in [1.29, 1.82) is 0 Å². The Balaban J connectivity index is 1.70. The van der Waals surface area contributed by atoms with E-state index in [0.29, 0.717) is 6.42 Å². The highest BCUT2D eigenvalue weighted by Gasteiger charge is 2.42. The van der Waals surface area contributed by atoms with Crippen molar-refractivity contribution in [3.8, 4) is 0 Å². The number of carbonyl (C=O) groups excluding carboxylic acids is 1. The van der Waals surface area contributed by atoms with Gasteiger partial charge in [0.05, 0.1) is 0 Å². The first-order chi connectivity index (χ1) is 8.63. The van der Waals surface area contributed by atoms with Gasteiger partial charge in [0.1, 0.15) is 0 Å². The molecule has 1 aromatic carbocycles. The van der Waals surface area contributed by atoms with E-state index in [1.165, 1.54) is 11.1 Å². The van der Waals surface area contributed by atoms with Gasteiger partial charge in [-0.2, -0.15) is 12.6 Å². The van der Waals surface area contributed by atoms with Gasteiger partial charge in [-0.15, -0.1) is 0 Å². The summed E-state index contributed by atoms with van der Waals surface area (Å²) < 4.78 is 0. The smallest absolute Gasteiger partial charge is 0.220 e. The predicted octanol–water partition coefficient (Wildman–Crippen LogP) is 2.75. The molecule has 1 fully saturated rings. The molecule has 0 radical (unpaired) electrons. The van der Waals surface area contributed by atoms with E-state index in [2.05, 4.69) is 49.1 Å². The number of amides is 1. The van der Waals surface area contributed by atoms with E-state index in [9.17, 15) is 4.79 Å². The highest BCUT2D eigenvalue weighted by Crippen LogP contribution is 2.49. The Labute approximate surface area is 115 Å². The van der Waals surface area contributed by atoms with Crippen LogP contribution in [0.2, 0.25) is 0 Å². The molecular weight excluding hydrogens is 242 g/mol. The lowest BCUT2D eigenvalue weighted by atomic mass is 10.0. The Morgan fingerprint density at radius 2 is 2.22 bits per heavy atom. The topological polar surface area (TPSA) is 29.1 Å². The molecule has 1 aliphatic rings. The summed E-state index contributed by atoms with van der Waals surface area (Å²) in [5.74, 6) is 1.01. The Kier molecular flexibility index (Phi) is 4.33. The van der Waals surface area contributed by atoms with E-state index < -0.39 is 0 Å². The Hall–Kier alpha value is -0.960. The molecule has 1 amide bonds. The zero-order valence-corrected chi connectivity index (χ0v) is 11.8. The number of rotatable bonds is 6. The molecule has 0 atom stereocenters. The van der Waals surface area contributed by atoms with E-state index in [-0.39, 0.29) is 11.3 Å². The van der Waals surface area contributed by atoms with Crippen LogP contribution >= 0.6 is 12.6 Å². The molecule has 2 rings (SSSR count). The Morgan fingerprint density at radius 3 is 2.83 bits per heavy atom. The molecule has 0 saturated heterocycles. The summed E-state index contributed by atoms with van der Waals surface area (Å²) in [6, 6.07) is 8.43. The maximum atomic E-state index is 11.8. The molecule has 0 bridgehead atoms. The molecule has 3 heteroatoms. The fourth-order valence-electron chi connectivity index (χ4n) is 2.18. The average molecular weight is 263 g/mol. The molecule has 2 nitrogen and oxygen atoms in total. The number of thiol groups is 1. The lowest BCUT2D eigenvalue weighted by Crippen LogP contribution is -2.28. The molecule has 1 N–H and O–H groups in total. The maximum absolute atomic E-state index is 11.8. The summed E-state index contributed by atoms with van der Waals surface area (Å²) in [6.07, 6.45) is 3.86. The molecule has 1 saturated carbocycles. The molecule has 0 aliphatic heterocycles. The van der Waals surface area contributed by atoms with Gasteiger partial charge in [-0.1, -0.05) is 29.8 Å². The fourth-order valence-corrected chi connectivity index (χ4v) is 2.61. The van der Waals surface area contributed by atoms with Gasteiger partial charge in [-0.05, 0) is 42.9 Å². The van der Waals surface area contributed by atoms with Crippen molar-refractivity contribution < 1.29 is 4.79 Å². The SMILES string of the molecule is Cc1cccc(CCNC(=O)CC2(CS)CC2)c1. The van der Waals surface area contributed by atoms with Crippen molar-refractivity contribution >= 4 is 18.5 Å². The number of aryl methyl sites for hydroxylation is 1. The minimum absolute atomic E-state index is 0.175. The van der Waals surface area contributed by atoms with Crippen LogP contribution < -0.4 is 5.32 Å². The van der Waals surface area contributed by atoms with Crippen LogP contribution in [-0.4, -0.2) is 18.2 Å². The fraction of sp³-hybridized carbons (Fsp3) is 0.533. The molecule has 0 spiro atoms. The van der Waals surface area contributed by atoms with Crippen LogP contribution in [0.5, 0.6) is 0 Å². The van der Waals surface area contributed by atoms with E-state index in [1.54, 1.807) is 0 Å². The van der Waals surface area contributed by atoms with E-state index in [4.69, 9.17) is 0 Å². The van der Waals surface area contributed by atoms with Crippen molar-refractivity contribution in [2.45, 2.75) is 32.6 Å². The zero-order valence-electron chi connectivity index (χ0n) is 10.9. The maximum Gasteiger partial charge on any atom is 0.220 e. The number of benzene rings is 1. The van der Waals surface area contributed by atoms with Crippen molar-refractivity contribution in [1.82, 2.24) is 5.32 Å². The molecule has 18 heavy (non-hydrogen) atoms. The highest BCUT2D eigenvalue weighted by molar-refractivity contribution is 7.80. The lowest BCUT2D eigenvalue weighted by Gasteiger charge is -2.11. The van der Waals surface area contributed by atoms with Gasteiger partial charge in [0.25, 0.3) is 0 Å². The van der Waals surface area contributed by atoms with E-state index in [0.717, 1.165) is 31.6 Å². The van der Waals surface area contributed by atoms with Crippen LogP contribution in [0.1, 0.15) is 30.4 Å². The van der Waals surface area contributed by atoms with Crippen LogP contribution in [0.4, 0.5) is 0 Å². The minimum Gasteiger partial charge on any atom is -0.356 e. The van der Waals surface area contributed by atoms with Crippen LogP contribution in [0.3, 0.4) is 0 Å². The van der Waals surface area contributed by atoms with E-state index in [1.807, 2.05) is 0 Å². The molecular formula is C15H21NOS. The second kappa shape index (κ2) is 5.79. The second-order valence-corrected chi connectivity index (χ2v) is 5.74. The third-order valence-corrected chi connectivity index (χ3v) is 4.32. The molecule has 0 heterocycles. The van der Waals surface area contributed by atoms with Crippen LogP contribution in [0, 0.1) is 12.3 Å². The summed E-state index contributed by atoms with van der Waals surface area (Å²) in [4.78, 5) is 11.8. The first kappa shape index (κ1) is 13.5. The van der Waals surface area contributed by atoms with Crippen molar-refractivity contribution in [3.63, 3.8) is 0 Å². The van der Waals surface area contributed by atoms with Crippen molar-refractivity contribution in [3.05, 3.63) is 35.4 Å². The van der Waals surface area contributed by atoms with Gasteiger partial charge in [-0.25, -0.2) is 0 Å². The van der Waals surface area contributed by atoms with Gasteiger partial charge in [0.15, 0.2) is 0 Å². The summed E-state index contributed by atoms with van der Waals surface area (Å²) in [6.45, 7) is 2.82. The van der Waals surface area contributed by atoms with Crippen LogP contribution in [0.15, 0.2) is 24.3 Å². The average Bonchev–Trinajstić information content (AvgIpc) is 3.09. The summed E-state index contributed by atoms with van der Waals surface area (Å²) in [5.41, 5.74) is 2.77. The minimum atomic E-state index is 0.175. The normalized spacial score (nSPS) is 16.3. The van der Waals surface area contributed by atoms with Gasteiger partial charge < -0.3 is 5.32 Å². The highest BCUT2D eigenvalue weighted by atomic mass is 32.1. The zero-order chi connectivity index (χ0) is 13.0. The molecule has 98 valence electrons. The Bertz CT molecular complexity index is 426. The lowest BCUT2D eigenvalue weighted by molar-refractivity contribution is -0.122. The number of hydrogen-bond donors (Lipinski definition) is 2. The Morgan fingerprint density at radius 1 is 1.44 bits per heavy atom. The number of nitrogens with one attached hydrogen (secondary N) is 1. The molecule has 0 aromatic heterocycles. The molecule has 1 aliphatic carbocycles. The van der Waals surface area contributed by atoms with Crippen molar-refractivity contribution in [2.75, 3.05) is 12.3 Å². The largest absolute Gasteiger partial charge is 0.356 e. The van der Waals surface area contributed by atoms with Gasteiger partial charge >= 0.3 is 0 Å². The monoisotopic (exact) mass is 263 g/mol. The first-order valence-electron chi connectivity index (χ1n) is 6.57.